The maximum atomic E-state index is 15.2. The van der Waals surface area contributed by atoms with Gasteiger partial charge in [0, 0.05) is 48.6 Å². The molecule has 4 aromatic rings. The molecule has 3 amide bonds. The number of aryl methyl sites for hydroxylation is 3. The summed E-state index contributed by atoms with van der Waals surface area (Å²) in [5.41, 5.74) is 7.81. The van der Waals surface area contributed by atoms with Crippen molar-refractivity contribution in [3.05, 3.63) is 94.1 Å². The molecule has 2 aliphatic heterocycles. The van der Waals surface area contributed by atoms with Crippen molar-refractivity contribution in [2.24, 2.45) is 0 Å². The summed E-state index contributed by atoms with van der Waals surface area (Å²) in [6, 6.07) is 19.3. The number of nitrogens with zero attached hydrogens (tertiary/aromatic N) is 4. The van der Waals surface area contributed by atoms with Crippen LogP contribution < -0.4 is 15.5 Å². The first-order valence-corrected chi connectivity index (χ1v) is 17.1. The molecule has 3 heterocycles. The van der Waals surface area contributed by atoms with Crippen LogP contribution in [-0.4, -0.2) is 46.9 Å². The predicted molar refractivity (Wildman–Crippen MR) is 186 cm³/mol. The summed E-state index contributed by atoms with van der Waals surface area (Å²) in [5, 5.41) is 19.4. The Morgan fingerprint density at radius 3 is 2.54 bits per heavy atom. The normalized spacial score (nSPS) is 17.7. The van der Waals surface area contributed by atoms with E-state index in [1.165, 1.54) is 17.0 Å². The fourth-order valence-electron chi connectivity index (χ4n) is 7.23. The number of benzene rings is 3. The third-order valence-electron chi connectivity index (χ3n) is 10.3. The summed E-state index contributed by atoms with van der Waals surface area (Å²) < 4.78 is 20.7. The third kappa shape index (κ3) is 6.10. The van der Waals surface area contributed by atoms with Crippen molar-refractivity contribution < 1.29 is 23.3 Å². The number of hydrogen-bond donors (Lipinski definition) is 2. The molecular formula is C39H39FN6O4. The molecule has 1 aliphatic carbocycles. The molecule has 1 unspecified atom stereocenters. The summed E-state index contributed by atoms with van der Waals surface area (Å²) in [4.78, 5) is 41.0. The molecule has 10 nitrogen and oxygen atoms in total. The average Bonchev–Trinajstić information content (AvgIpc) is 3.75. The minimum Gasteiger partial charge on any atom is -0.383 e. The second-order valence-corrected chi connectivity index (χ2v) is 13.6. The van der Waals surface area contributed by atoms with Crippen LogP contribution in [0.1, 0.15) is 77.0 Å². The minimum absolute atomic E-state index is 0.128. The molecule has 1 saturated carbocycles. The van der Waals surface area contributed by atoms with Crippen molar-refractivity contribution in [3.8, 4) is 17.2 Å². The van der Waals surface area contributed by atoms with E-state index in [0.717, 1.165) is 70.8 Å². The van der Waals surface area contributed by atoms with E-state index in [-0.39, 0.29) is 42.3 Å². The first-order valence-electron chi connectivity index (χ1n) is 17.1. The van der Waals surface area contributed by atoms with Gasteiger partial charge in [0.1, 0.15) is 17.6 Å². The number of aromatic nitrogens is 1. The fourth-order valence-corrected chi connectivity index (χ4v) is 7.23. The van der Waals surface area contributed by atoms with Crippen LogP contribution >= 0.6 is 0 Å². The van der Waals surface area contributed by atoms with Crippen molar-refractivity contribution in [3.63, 3.8) is 0 Å². The summed E-state index contributed by atoms with van der Waals surface area (Å²) >= 11 is 0. The summed E-state index contributed by atoms with van der Waals surface area (Å²) in [6.45, 7) is 7.23. The van der Waals surface area contributed by atoms with E-state index in [9.17, 15) is 19.6 Å². The third-order valence-corrected chi connectivity index (χ3v) is 10.3. The number of nitrogens with one attached hydrogen (secondary N) is 2. The molecule has 1 atom stereocenters. The van der Waals surface area contributed by atoms with Gasteiger partial charge in [0.2, 0.25) is 11.8 Å². The largest absolute Gasteiger partial charge is 0.383 e. The molecule has 3 aromatic carbocycles. The average molecular weight is 675 g/mol. The van der Waals surface area contributed by atoms with E-state index in [1.54, 1.807) is 0 Å². The Balaban J connectivity index is 1.06. The zero-order chi connectivity index (χ0) is 35.2. The Labute approximate surface area is 290 Å². The fraction of sp³-hybridized carbons (Fsp3) is 0.359. The number of carbonyl (C=O) groups is 3. The second-order valence-electron chi connectivity index (χ2n) is 13.6. The van der Waals surface area contributed by atoms with E-state index in [2.05, 4.69) is 76.1 Å². The van der Waals surface area contributed by atoms with Gasteiger partial charge in [0.25, 0.3) is 5.91 Å². The number of fused-ring (bicyclic) bond motifs is 1. The van der Waals surface area contributed by atoms with E-state index in [0.29, 0.717) is 24.2 Å². The smallest absolute Gasteiger partial charge is 0.255 e. The summed E-state index contributed by atoms with van der Waals surface area (Å²) in [7, 11) is 0. The van der Waals surface area contributed by atoms with Crippen LogP contribution in [0, 0.1) is 37.9 Å². The first-order chi connectivity index (χ1) is 24.1. The molecule has 3 aliphatic rings. The molecule has 1 aromatic heterocycles. The van der Waals surface area contributed by atoms with Gasteiger partial charge in [-0.3, -0.25) is 19.7 Å². The Bertz CT molecular complexity index is 2020. The molecule has 11 heteroatoms. The highest BCUT2D eigenvalue weighted by Crippen LogP contribution is 2.48. The number of unbranched alkanes of at least 4 members (excludes halogenated alkanes) is 1. The Hall–Kier alpha value is -5.50. The first kappa shape index (κ1) is 33.0. The number of imide groups is 1. The van der Waals surface area contributed by atoms with Crippen LogP contribution in [-0.2, 0) is 21.5 Å². The highest BCUT2D eigenvalue weighted by molar-refractivity contribution is 6.05. The number of hydrogen-bond acceptors (Lipinski definition) is 8. The van der Waals surface area contributed by atoms with Gasteiger partial charge < -0.3 is 19.6 Å². The molecule has 1 saturated heterocycles. The van der Waals surface area contributed by atoms with Gasteiger partial charge in [0.05, 0.1) is 22.9 Å². The number of amides is 3. The van der Waals surface area contributed by atoms with E-state index in [1.807, 2.05) is 13.8 Å². The van der Waals surface area contributed by atoms with Crippen LogP contribution in [0.25, 0.3) is 11.1 Å². The molecule has 2 fully saturated rings. The van der Waals surface area contributed by atoms with Gasteiger partial charge in [-0.1, -0.05) is 29.4 Å². The minimum atomic E-state index is -0.749. The van der Waals surface area contributed by atoms with Crippen LogP contribution in [0.3, 0.4) is 0 Å². The number of carbonyl (C=O) groups excluding carboxylic acids is 3. The predicted octanol–water partition coefficient (Wildman–Crippen LogP) is 6.75. The molecule has 2 N–H and O–H groups in total. The van der Waals surface area contributed by atoms with Gasteiger partial charge in [-0.2, -0.15) is 5.26 Å². The highest BCUT2D eigenvalue weighted by Gasteiger charge is 2.45. The molecule has 0 bridgehead atoms. The van der Waals surface area contributed by atoms with Crippen molar-refractivity contribution in [1.29, 1.82) is 5.26 Å². The SMILES string of the molecule is Cc1ccc(-c2c(C)noc2C)cc1N(CCCCNc1cc2c(cc1F)CN(C1CCC(=O)NC1=O)C2=O)c1ccc(C2(C#N)CC2)cc1. The van der Waals surface area contributed by atoms with E-state index in [4.69, 9.17) is 4.52 Å². The highest BCUT2D eigenvalue weighted by atomic mass is 19.1. The molecular weight excluding hydrogens is 635 g/mol. The lowest BCUT2D eigenvalue weighted by atomic mass is 9.97. The summed E-state index contributed by atoms with van der Waals surface area (Å²) in [6.07, 6.45) is 3.69. The lowest BCUT2D eigenvalue weighted by Gasteiger charge is -2.29. The number of halogens is 1. The quantitative estimate of drug-likeness (QED) is 0.132. The van der Waals surface area contributed by atoms with Crippen LogP contribution in [0.5, 0.6) is 0 Å². The van der Waals surface area contributed by atoms with Gasteiger partial charge in [-0.15, -0.1) is 0 Å². The lowest BCUT2D eigenvalue weighted by Crippen LogP contribution is -2.52. The number of nitriles is 1. The second kappa shape index (κ2) is 13.1. The number of anilines is 3. The monoisotopic (exact) mass is 674 g/mol. The van der Waals surface area contributed by atoms with Crippen LogP contribution in [0.4, 0.5) is 21.5 Å². The maximum Gasteiger partial charge on any atom is 0.255 e. The van der Waals surface area contributed by atoms with Gasteiger partial charge in [-0.05, 0) is 105 Å². The number of piperidine rings is 1. The Morgan fingerprint density at radius 1 is 1.08 bits per heavy atom. The maximum absolute atomic E-state index is 15.2. The topological polar surface area (TPSA) is 132 Å². The van der Waals surface area contributed by atoms with Crippen molar-refractivity contribution in [2.45, 2.75) is 77.3 Å². The molecule has 0 spiro atoms. The van der Waals surface area contributed by atoms with Crippen molar-refractivity contribution in [2.75, 3.05) is 23.3 Å². The van der Waals surface area contributed by atoms with Crippen molar-refractivity contribution in [1.82, 2.24) is 15.4 Å². The van der Waals surface area contributed by atoms with Crippen molar-refractivity contribution >= 4 is 34.8 Å². The molecule has 50 heavy (non-hydrogen) atoms. The standard InChI is InChI=1S/C39H39FN6O4/c1-23-6-7-26(36-24(2)44-50-25(36)3)19-34(23)45(29-10-8-28(9-11-29)39(22-41)14-15-39)17-5-4-16-42-32-20-30-27(18-31(32)40)21-46(38(30)49)33-12-13-35(47)43-37(33)48/h6-11,18-20,33,42H,4-5,12-17,21H2,1-3H3,(H,43,47,48). The Kier molecular flexibility index (Phi) is 8.64. The Morgan fingerprint density at radius 2 is 1.86 bits per heavy atom. The van der Waals surface area contributed by atoms with Gasteiger partial charge in [-0.25, -0.2) is 4.39 Å². The zero-order valence-electron chi connectivity index (χ0n) is 28.4. The molecule has 7 rings (SSSR count). The number of rotatable bonds is 11. The molecule has 0 radical (unpaired) electrons. The van der Waals surface area contributed by atoms with Crippen LogP contribution in [0.15, 0.2) is 59.1 Å². The van der Waals surface area contributed by atoms with E-state index >= 15 is 4.39 Å². The molecule has 256 valence electrons. The van der Waals surface area contributed by atoms with E-state index < -0.39 is 17.8 Å². The lowest BCUT2D eigenvalue weighted by molar-refractivity contribution is -0.136. The van der Waals surface area contributed by atoms with Gasteiger partial charge >= 0.3 is 0 Å². The zero-order valence-corrected chi connectivity index (χ0v) is 28.4. The summed E-state index contributed by atoms with van der Waals surface area (Å²) in [5.74, 6) is -0.881. The van der Waals surface area contributed by atoms with Crippen LogP contribution in [0.2, 0.25) is 0 Å². The van der Waals surface area contributed by atoms with Gasteiger partial charge in [0.15, 0.2) is 0 Å².